The van der Waals surface area contributed by atoms with Crippen LogP contribution in [0.2, 0.25) is 0 Å². The first kappa shape index (κ1) is 15.4. The number of amidine groups is 1. The van der Waals surface area contributed by atoms with Crippen molar-refractivity contribution in [3.8, 4) is 0 Å². The number of aryl methyl sites for hydroxylation is 2. The van der Waals surface area contributed by atoms with Crippen molar-refractivity contribution in [3.63, 3.8) is 0 Å². The molecule has 4 N–H and O–H groups in total. The number of furan rings is 1. The van der Waals surface area contributed by atoms with Gasteiger partial charge in [0.15, 0.2) is 5.84 Å². The van der Waals surface area contributed by atoms with Crippen LogP contribution in [0.3, 0.4) is 0 Å². The molecule has 6 nitrogen and oxygen atoms in total. The molecule has 1 amide bonds. The lowest BCUT2D eigenvalue weighted by atomic mass is 9.88. The van der Waals surface area contributed by atoms with Gasteiger partial charge in [0, 0.05) is 0 Å². The van der Waals surface area contributed by atoms with Crippen molar-refractivity contribution in [1.29, 1.82) is 0 Å². The van der Waals surface area contributed by atoms with Gasteiger partial charge in [0.2, 0.25) is 0 Å². The molecule has 1 aromatic rings. The van der Waals surface area contributed by atoms with Crippen LogP contribution in [0.15, 0.2) is 15.6 Å². The van der Waals surface area contributed by atoms with E-state index in [4.69, 9.17) is 15.4 Å². The van der Waals surface area contributed by atoms with E-state index in [0.29, 0.717) is 29.9 Å². The molecule has 1 aliphatic carbocycles. The number of nitrogens with zero attached hydrogens (tertiary/aromatic N) is 1. The minimum absolute atomic E-state index is 0.0793. The number of hydrogen-bond acceptors (Lipinski definition) is 4. The van der Waals surface area contributed by atoms with Gasteiger partial charge in [-0.05, 0) is 32.8 Å². The SMILES string of the molecule is Cc1cc(C(=O)NC2(/C(N)=N/O)CCCCCC2)c(C)o1. The van der Waals surface area contributed by atoms with Crippen molar-refractivity contribution in [1.82, 2.24) is 5.32 Å². The van der Waals surface area contributed by atoms with Gasteiger partial charge in [-0.15, -0.1) is 0 Å². The molecule has 0 saturated heterocycles. The summed E-state index contributed by atoms with van der Waals surface area (Å²) < 4.78 is 5.40. The molecule has 6 heteroatoms. The van der Waals surface area contributed by atoms with Gasteiger partial charge in [0.1, 0.15) is 17.1 Å². The fourth-order valence-corrected chi connectivity index (χ4v) is 3.01. The van der Waals surface area contributed by atoms with Crippen molar-refractivity contribution in [2.75, 3.05) is 0 Å². The quantitative estimate of drug-likeness (QED) is 0.262. The van der Waals surface area contributed by atoms with E-state index < -0.39 is 5.54 Å². The Morgan fingerprint density at radius 2 is 1.95 bits per heavy atom. The van der Waals surface area contributed by atoms with Gasteiger partial charge in [-0.3, -0.25) is 4.79 Å². The molecule has 0 atom stereocenters. The molecule has 0 unspecified atom stereocenters. The number of hydrogen-bond donors (Lipinski definition) is 3. The lowest BCUT2D eigenvalue weighted by Crippen LogP contribution is -2.57. The summed E-state index contributed by atoms with van der Waals surface area (Å²) >= 11 is 0. The fraction of sp³-hybridized carbons (Fsp3) is 0.600. The molecule has 1 fully saturated rings. The Kier molecular flexibility index (Phi) is 4.55. The zero-order valence-corrected chi connectivity index (χ0v) is 12.6. The number of rotatable bonds is 3. The van der Waals surface area contributed by atoms with Gasteiger partial charge in [0.05, 0.1) is 5.56 Å². The Morgan fingerprint density at radius 3 is 2.43 bits per heavy atom. The molecule has 1 saturated carbocycles. The minimum atomic E-state index is -0.764. The highest BCUT2D eigenvalue weighted by Gasteiger charge is 2.37. The molecular formula is C15H23N3O3. The normalized spacial score (nSPS) is 19.0. The van der Waals surface area contributed by atoms with Gasteiger partial charge in [-0.25, -0.2) is 0 Å². The molecule has 0 aliphatic heterocycles. The van der Waals surface area contributed by atoms with Crippen LogP contribution in [0.4, 0.5) is 0 Å². The van der Waals surface area contributed by atoms with Gasteiger partial charge in [0.25, 0.3) is 5.91 Å². The van der Waals surface area contributed by atoms with E-state index in [9.17, 15) is 4.79 Å². The molecule has 21 heavy (non-hydrogen) atoms. The van der Waals surface area contributed by atoms with Crippen LogP contribution in [-0.4, -0.2) is 22.5 Å². The molecule has 116 valence electrons. The first-order chi connectivity index (χ1) is 9.98. The number of carbonyl (C=O) groups excluding carboxylic acids is 1. The largest absolute Gasteiger partial charge is 0.466 e. The monoisotopic (exact) mass is 293 g/mol. The van der Waals surface area contributed by atoms with Crippen molar-refractivity contribution in [2.24, 2.45) is 10.9 Å². The first-order valence-electron chi connectivity index (χ1n) is 7.36. The number of nitrogens with two attached hydrogens (primary N) is 1. The first-order valence-corrected chi connectivity index (χ1v) is 7.36. The van der Waals surface area contributed by atoms with Crippen molar-refractivity contribution in [2.45, 2.75) is 57.9 Å². The smallest absolute Gasteiger partial charge is 0.255 e. The summed E-state index contributed by atoms with van der Waals surface area (Å²) in [6, 6.07) is 1.71. The fourth-order valence-electron chi connectivity index (χ4n) is 3.01. The molecule has 1 heterocycles. The Balaban J connectivity index is 2.26. The molecule has 0 bridgehead atoms. The van der Waals surface area contributed by atoms with Gasteiger partial charge < -0.3 is 20.7 Å². The van der Waals surface area contributed by atoms with Crippen LogP contribution in [0.5, 0.6) is 0 Å². The summed E-state index contributed by atoms with van der Waals surface area (Å²) in [5, 5.41) is 15.2. The third kappa shape index (κ3) is 3.20. The predicted octanol–water partition coefficient (Wildman–Crippen LogP) is 2.47. The number of amides is 1. The molecule has 1 aliphatic rings. The van der Waals surface area contributed by atoms with Crippen LogP contribution < -0.4 is 11.1 Å². The Morgan fingerprint density at radius 1 is 1.33 bits per heavy atom. The summed E-state index contributed by atoms with van der Waals surface area (Å²) in [5.41, 5.74) is 5.62. The Bertz CT molecular complexity index is 540. The summed E-state index contributed by atoms with van der Waals surface area (Å²) in [6.45, 7) is 3.56. The highest BCUT2D eigenvalue weighted by Crippen LogP contribution is 2.28. The predicted molar refractivity (Wildman–Crippen MR) is 79.5 cm³/mol. The summed E-state index contributed by atoms with van der Waals surface area (Å²) in [5.74, 6) is 1.11. The highest BCUT2D eigenvalue weighted by atomic mass is 16.4. The molecule has 2 rings (SSSR count). The maximum Gasteiger partial charge on any atom is 0.255 e. The summed E-state index contributed by atoms with van der Waals surface area (Å²) in [6.07, 6.45) is 5.45. The van der Waals surface area contributed by atoms with Crippen LogP contribution in [-0.2, 0) is 0 Å². The number of nitrogens with one attached hydrogen (secondary N) is 1. The number of carbonyl (C=O) groups is 1. The van der Waals surface area contributed by atoms with E-state index in [1.54, 1.807) is 19.9 Å². The van der Waals surface area contributed by atoms with Crippen LogP contribution in [0.25, 0.3) is 0 Å². The van der Waals surface area contributed by atoms with Gasteiger partial charge in [-0.1, -0.05) is 30.8 Å². The third-order valence-corrected chi connectivity index (χ3v) is 4.19. The third-order valence-electron chi connectivity index (χ3n) is 4.19. The van der Waals surface area contributed by atoms with Gasteiger partial charge in [-0.2, -0.15) is 0 Å². The highest BCUT2D eigenvalue weighted by molar-refractivity contribution is 6.00. The van der Waals surface area contributed by atoms with Crippen molar-refractivity contribution in [3.05, 3.63) is 23.2 Å². The minimum Gasteiger partial charge on any atom is -0.466 e. The lowest BCUT2D eigenvalue weighted by molar-refractivity contribution is 0.0914. The molecule has 0 spiro atoms. The maximum atomic E-state index is 12.5. The summed E-state index contributed by atoms with van der Waals surface area (Å²) in [4.78, 5) is 12.5. The second kappa shape index (κ2) is 6.20. The Hall–Kier alpha value is -1.98. The molecular weight excluding hydrogens is 270 g/mol. The number of oxime groups is 1. The topological polar surface area (TPSA) is 101 Å². The molecule has 0 aromatic carbocycles. The van der Waals surface area contributed by atoms with Crippen LogP contribution in [0.1, 0.15) is 60.4 Å². The summed E-state index contributed by atoms with van der Waals surface area (Å²) in [7, 11) is 0. The second-order valence-corrected chi connectivity index (χ2v) is 5.76. The van der Waals surface area contributed by atoms with Crippen molar-refractivity contribution >= 4 is 11.7 Å². The van der Waals surface area contributed by atoms with Crippen molar-refractivity contribution < 1.29 is 14.4 Å². The van der Waals surface area contributed by atoms with Crippen LogP contribution in [0, 0.1) is 13.8 Å². The van der Waals surface area contributed by atoms with E-state index in [2.05, 4.69) is 10.5 Å². The van der Waals surface area contributed by atoms with E-state index in [1.165, 1.54) is 0 Å². The Labute approximate surface area is 124 Å². The molecule has 0 radical (unpaired) electrons. The second-order valence-electron chi connectivity index (χ2n) is 5.76. The van der Waals surface area contributed by atoms with E-state index in [-0.39, 0.29) is 11.7 Å². The lowest BCUT2D eigenvalue weighted by Gasteiger charge is -2.32. The average Bonchev–Trinajstić information content (AvgIpc) is 2.66. The van der Waals surface area contributed by atoms with E-state index >= 15 is 0 Å². The van der Waals surface area contributed by atoms with E-state index in [1.807, 2.05) is 0 Å². The zero-order valence-electron chi connectivity index (χ0n) is 12.6. The molecule has 1 aromatic heterocycles. The maximum absolute atomic E-state index is 12.5. The van der Waals surface area contributed by atoms with E-state index in [0.717, 1.165) is 25.7 Å². The van der Waals surface area contributed by atoms with Crippen LogP contribution >= 0.6 is 0 Å². The van der Waals surface area contributed by atoms with Gasteiger partial charge >= 0.3 is 0 Å². The standard InChI is InChI=1S/C15H23N3O3/c1-10-9-12(11(2)21-10)13(19)17-15(14(16)18-20)7-5-3-4-6-8-15/h9,20H,3-8H2,1-2H3,(H2,16,18)(H,17,19). The average molecular weight is 293 g/mol. The zero-order chi connectivity index (χ0) is 15.5.